The van der Waals surface area contributed by atoms with Crippen molar-refractivity contribution < 1.29 is 4.74 Å². The molecule has 0 fully saturated rings. The summed E-state index contributed by atoms with van der Waals surface area (Å²) in [5.41, 5.74) is 2.01. The van der Waals surface area contributed by atoms with Crippen LogP contribution in [0.2, 0.25) is 0 Å². The van der Waals surface area contributed by atoms with Crippen molar-refractivity contribution in [1.29, 1.82) is 5.26 Å². The normalized spacial score (nSPS) is 10.2. The molecule has 0 aliphatic heterocycles. The van der Waals surface area contributed by atoms with Crippen molar-refractivity contribution in [3.05, 3.63) is 54.2 Å². The van der Waals surface area contributed by atoms with E-state index in [1.807, 2.05) is 48.5 Å². The van der Waals surface area contributed by atoms with Crippen LogP contribution in [0.5, 0.6) is 5.75 Å². The van der Waals surface area contributed by atoms with Gasteiger partial charge in [-0.15, -0.1) is 0 Å². The lowest BCUT2D eigenvalue weighted by atomic mass is 10.1. The maximum atomic E-state index is 9.23. The minimum absolute atomic E-state index is 0.390. The molecule has 0 saturated carbocycles. The van der Waals surface area contributed by atoms with Gasteiger partial charge in [0, 0.05) is 10.9 Å². The summed E-state index contributed by atoms with van der Waals surface area (Å²) in [4.78, 5) is 8.84. The van der Waals surface area contributed by atoms with E-state index in [-0.39, 0.29) is 0 Å². The van der Waals surface area contributed by atoms with Gasteiger partial charge in [0.25, 0.3) is 0 Å². The molecular weight excluding hydrogens is 250 g/mol. The smallest absolute Gasteiger partial charge is 0.161 e. The summed E-state index contributed by atoms with van der Waals surface area (Å²) in [5.74, 6) is 1.32. The number of methoxy groups -OCH3 is 1. The maximum Gasteiger partial charge on any atom is 0.161 e. The van der Waals surface area contributed by atoms with E-state index in [0.29, 0.717) is 11.5 Å². The molecule has 0 radical (unpaired) electrons. The average molecular weight is 261 g/mol. The van der Waals surface area contributed by atoms with Gasteiger partial charge in [0.05, 0.1) is 12.6 Å². The van der Waals surface area contributed by atoms with Gasteiger partial charge >= 0.3 is 0 Å². The van der Waals surface area contributed by atoms with Gasteiger partial charge < -0.3 is 4.74 Å². The second-order valence-corrected chi connectivity index (χ2v) is 4.25. The molecule has 0 bridgehead atoms. The van der Waals surface area contributed by atoms with Crippen LogP contribution >= 0.6 is 0 Å². The number of aromatic nitrogens is 2. The van der Waals surface area contributed by atoms with E-state index in [4.69, 9.17) is 4.74 Å². The Morgan fingerprint density at radius 3 is 2.45 bits per heavy atom. The summed E-state index contributed by atoms with van der Waals surface area (Å²) in [6.45, 7) is 0. The van der Waals surface area contributed by atoms with Gasteiger partial charge in [-0.2, -0.15) is 5.26 Å². The van der Waals surface area contributed by atoms with Gasteiger partial charge in [-0.3, -0.25) is 0 Å². The summed E-state index contributed by atoms with van der Waals surface area (Å²) in [6, 6.07) is 17.1. The van der Waals surface area contributed by atoms with Gasteiger partial charge in [0.1, 0.15) is 11.8 Å². The molecule has 0 N–H and O–H groups in total. The first-order chi connectivity index (χ1) is 9.81. The first-order valence-corrected chi connectivity index (χ1v) is 6.13. The fourth-order valence-electron chi connectivity index (χ4n) is 2.03. The van der Waals surface area contributed by atoms with Crippen LogP contribution in [0, 0.1) is 11.3 Å². The number of benzene rings is 2. The molecule has 2 aromatic carbocycles. The van der Waals surface area contributed by atoms with Gasteiger partial charge in [-0.05, 0) is 36.4 Å². The summed E-state index contributed by atoms with van der Waals surface area (Å²) in [5, 5.41) is 10.00. The molecule has 3 rings (SSSR count). The molecule has 96 valence electrons. The third-order valence-corrected chi connectivity index (χ3v) is 3.06. The van der Waals surface area contributed by atoms with Crippen molar-refractivity contribution >= 4 is 10.9 Å². The van der Waals surface area contributed by atoms with Crippen LogP contribution < -0.4 is 4.74 Å². The number of nitrogens with zero attached hydrogens (tertiary/aromatic N) is 3. The van der Waals surface area contributed by atoms with Crippen LogP contribution in [0.15, 0.2) is 48.5 Å². The Bertz CT molecular complexity index is 804. The summed E-state index contributed by atoms with van der Waals surface area (Å²) in [7, 11) is 1.62. The molecule has 0 aliphatic rings. The third-order valence-electron chi connectivity index (χ3n) is 3.06. The molecule has 0 atom stereocenters. The Hall–Kier alpha value is -2.93. The second kappa shape index (κ2) is 4.98. The predicted molar refractivity (Wildman–Crippen MR) is 76.2 cm³/mol. The number of para-hydroxylation sites is 1. The molecular formula is C16H11N3O. The highest BCUT2D eigenvalue weighted by molar-refractivity contribution is 5.84. The number of fused-ring (bicyclic) bond motifs is 1. The van der Waals surface area contributed by atoms with Crippen LogP contribution in [-0.2, 0) is 0 Å². The van der Waals surface area contributed by atoms with Crippen LogP contribution in [-0.4, -0.2) is 17.1 Å². The summed E-state index contributed by atoms with van der Waals surface area (Å²) < 4.78 is 5.13. The van der Waals surface area contributed by atoms with E-state index < -0.39 is 0 Å². The van der Waals surface area contributed by atoms with E-state index >= 15 is 0 Å². The number of nitriles is 1. The van der Waals surface area contributed by atoms with Crippen LogP contribution in [0.1, 0.15) is 5.69 Å². The lowest BCUT2D eigenvalue weighted by molar-refractivity contribution is 0.415. The molecule has 0 spiro atoms. The first kappa shape index (κ1) is 12.1. The molecule has 0 unspecified atom stereocenters. The first-order valence-electron chi connectivity index (χ1n) is 6.13. The molecule has 1 heterocycles. The largest absolute Gasteiger partial charge is 0.497 e. The Kier molecular flexibility index (Phi) is 3.02. The molecule has 0 saturated heterocycles. The Morgan fingerprint density at radius 1 is 1.00 bits per heavy atom. The van der Waals surface area contributed by atoms with Gasteiger partial charge in [-0.25, -0.2) is 9.97 Å². The molecule has 0 aliphatic carbocycles. The second-order valence-electron chi connectivity index (χ2n) is 4.25. The Labute approximate surface area is 116 Å². The van der Waals surface area contributed by atoms with Gasteiger partial charge in [0.15, 0.2) is 11.5 Å². The highest BCUT2D eigenvalue weighted by Crippen LogP contribution is 2.23. The minimum Gasteiger partial charge on any atom is -0.497 e. The number of rotatable bonds is 2. The lowest BCUT2D eigenvalue weighted by Crippen LogP contribution is -1.95. The molecule has 3 aromatic rings. The van der Waals surface area contributed by atoms with Crippen molar-refractivity contribution in [3.63, 3.8) is 0 Å². The van der Waals surface area contributed by atoms with Gasteiger partial charge in [-0.1, -0.05) is 12.1 Å². The molecule has 0 amide bonds. The SMILES string of the molecule is COc1ccc(-c2nc(C#N)c3ccccc3n2)cc1. The minimum atomic E-state index is 0.390. The van der Waals surface area contributed by atoms with Crippen LogP contribution in [0.4, 0.5) is 0 Å². The number of hydrogen-bond acceptors (Lipinski definition) is 4. The fraction of sp³-hybridized carbons (Fsp3) is 0.0625. The van der Waals surface area contributed by atoms with E-state index in [1.54, 1.807) is 7.11 Å². The van der Waals surface area contributed by atoms with Gasteiger partial charge in [0.2, 0.25) is 0 Å². The summed E-state index contributed by atoms with van der Waals surface area (Å²) in [6.07, 6.45) is 0. The highest BCUT2D eigenvalue weighted by atomic mass is 16.5. The molecule has 20 heavy (non-hydrogen) atoms. The van der Waals surface area contributed by atoms with Crippen molar-refractivity contribution in [1.82, 2.24) is 9.97 Å². The number of hydrogen-bond donors (Lipinski definition) is 0. The van der Waals surface area contributed by atoms with E-state index in [0.717, 1.165) is 22.2 Å². The van der Waals surface area contributed by atoms with Crippen molar-refractivity contribution in [3.8, 4) is 23.2 Å². The molecule has 4 heteroatoms. The topological polar surface area (TPSA) is 58.8 Å². The van der Waals surface area contributed by atoms with Crippen LogP contribution in [0.3, 0.4) is 0 Å². The monoisotopic (exact) mass is 261 g/mol. The Morgan fingerprint density at radius 2 is 1.75 bits per heavy atom. The zero-order valence-corrected chi connectivity index (χ0v) is 10.9. The van der Waals surface area contributed by atoms with E-state index in [9.17, 15) is 5.26 Å². The average Bonchev–Trinajstić information content (AvgIpc) is 2.54. The van der Waals surface area contributed by atoms with Crippen molar-refractivity contribution in [2.75, 3.05) is 7.11 Å². The third kappa shape index (κ3) is 2.06. The Balaban J connectivity index is 2.18. The van der Waals surface area contributed by atoms with Crippen molar-refractivity contribution in [2.24, 2.45) is 0 Å². The molecule has 1 aromatic heterocycles. The van der Waals surface area contributed by atoms with Crippen molar-refractivity contribution in [2.45, 2.75) is 0 Å². The molecule has 4 nitrogen and oxygen atoms in total. The lowest BCUT2D eigenvalue weighted by Gasteiger charge is -2.05. The maximum absolute atomic E-state index is 9.23. The van der Waals surface area contributed by atoms with E-state index in [1.165, 1.54) is 0 Å². The highest BCUT2D eigenvalue weighted by Gasteiger charge is 2.08. The van der Waals surface area contributed by atoms with E-state index in [2.05, 4.69) is 16.0 Å². The number of ether oxygens (including phenoxy) is 1. The summed E-state index contributed by atoms with van der Waals surface area (Å²) >= 11 is 0. The fourth-order valence-corrected chi connectivity index (χ4v) is 2.03. The predicted octanol–water partition coefficient (Wildman–Crippen LogP) is 3.18. The zero-order chi connectivity index (χ0) is 13.9. The zero-order valence-electron chi connectivity index (χ0n) is 10.9. The quantitative estimate of drug-likeness (QED) is 0.711. The standard InChI is InChI=1S/C16H11N3O/c1-20-12-8-6-11(7-9-12)16-18-14-5-3-2-4-13(14)15(10-17)19-16/h2-9H,1H3. The van der Waals surface area contributed by atoms with Crippen LogP contribution in [0.25, 0.3) is 22.3 Å².